The van der Waals surface area contributed by atoms with E-state index < -0.39 is 0 Å². The molecule has 0 radical (unpaired) electrons. The molecule has 0 fully saturated rings. The summed E-state index contributed by atoms with van der Waals surface area (Å²) in [6, 6.07) is 0. The normalized spacial score (nSPS) is 13.5. The van der Waals surface area contributed by atoms with Gasteiger partial charge in [-0.2, -0.15) is 0 Å². The summed E-state index contributed by atoms with van der Waals surface area (Å²) in [5.41, 5.74) is 0. The Morgan fingerprint density at radius 3 is 2.50 bits per heavy atom. The quantitative estimate of drug-likeness (QED) is 0.575. The second-order valence-corrected chi connectivity index (χ2v) is 2.47. The summed E-state index contributed by atoms with van der Waals surface area (Å²) in [7, 11) is 0. The minimum atomic E-state index is 0.222. The van der Waals surface area contributed by atoms with Crippen molar-refractivity contribution in [3.63, 3.8) is 0 Å². The van der Waals surface area contributed by atoms with Gasteiger partial charge in [-0.15, -0.1) is 0 Å². The van der Waals surface area contributed by atoms with Crippen molar-refractivity contribution in [3.05, 3.63) is 0 Å². The Labute approximate surface area is 64.0 Å². The third-order valence-electron chi connectivity index (χ3n) is 1.25. The van der Waals surface area contributed by atoms with Gasteiger partial charge < -0.3 is 4.74 Å². The molecule has 10 heavy (non-hydrogen) atoms. The Morgan fingerprint density at radius 1 is 1.30 bits per heavy atom. The van der Waals surface area contributed by atoms with E-state index in [1.165, 1.54) is 6.42 Å². The zero-order valence-electron chi connectivity index (χ0n) is 7.31. The molecule has 0 rings (SSSR count). The Balaban J connectivity index is 3.00. The van der Waals surface area contributed by atoms with Gasteiger partial charge in [0.1, 0.15) is 6.23 Å². The van der Waals surface area contributed by atoms with E-state index in [0.717, 1.165) is 19.6 Å². The molecule has 0 aromatic heterocycles. The molecule has 62 valence electrons. The zero-order valence-corrected chi connectivity index (χ0v) is 7.31. The maximum atomic E-state index is 5.38. The molecule has 0 aliphatic carbocycles. The molecular weight excluding hydrogens is 126 g/mol. The largest absolute Gasteiger partial charge is 0.364 e. The first kappa shape index (κ1) is 9.92. The predicted molar refractivity (Wildman–Crippen MR) is 44.0 cm³/mol. The fourth-order valence-electron chi connectivity index (χ4n) is 0.701. The third kappa shape index (κ3) is 6.05. The Hall–Kier alpha value is -0.0800. The predicted octanol–water partition coefficient (Wildman–Crippen LogP) is 1.76. The average molecular weight is 145 g/mol. The Kier molecular flexibility index (Phi) is 6.98. The van der Waals surface area contributed by atoms with Crippen molar-refractivity contribution in [2.45, 2.75) is 39.8 Å². The van der Waals surface area contributed by atoms with Gasteiger partial charge in [-0.1, -0.05) is 13.8 Å². The van der Waals surface area contributed by atoms with Gasteiger partial charge >= 0.3 is 0 Å². The molecule has 0 aromatic carbocycles. The fraction of sp³-hybridized carbons (Fsp3) is 1.00. The van der Waals surface area contributed by atoms with Crippen LogP contribution in [0, 0.1) is 0 Å². The molecule has 1 atom stereocenters. The van der Waals surface area contributed by atoms with E-state index in [1.54, 1.807) is 0 Å². The summed E-state index contributed by atoms with van der Waals surface area (Å²) in [6.45, 7) is 8.22. The van der Waals surface area contributed by atoms with Gasteiger partial charge in [0.15, 0.2) is 0 Å². The van der Waals surface area contributed by atoms with E-state index in [2.05, 4.69) is 19.2 Å². The highest BCUT2D eigenvalue weighted by Crippen LogP contribution is 1.87. The molecule has 1 N–H and O–H groups in total. The average Bonchev–Trinajstić information content (AvgIpc) is 1.97. The maximum Gasteiger partial charge on any atom is 0.105 e. The van der Waals surface area contributed by atoms with Crippen LogP contribution in [0.3, 0.4) is 0 Å². The summed E-state index contributed by atoms with van der Waals surface area (Å²) in [4.78, 5) is 0. The highest BCUT2D eigenvalue weighted by atomic mass is 16.5. The van der Waals surface area contributed by atoms with Crippen LogP contribution in [0.25, 0.3) is 0 Å². The van der Waals surface area contributed by atoms with E-state index in [-0.39, 0.29) is 6.23 Å². The lowest BCUT2D eigenvalue weighted by Crippen LogP contribution is -2.29. The van der Waals surface area contributed by atoms with Crippen LogP contribution < -0.4 is 5.32 Å². The molecule has 0 aliphatic heterocycles. The highest BCUT2D eigenvalue weighted by molar-refractivity contribution is 4.46. The molecule has 0 aliphatic rings. The molecule has 0 heterocycles. The van der Waals surface area contributed by atoms with Crippen molar-refractivity contribution in [1.29, 1.82) is 0 Å². The van der Waals surface area contributed by atoms with Gasteiger partial charge in [-0.25, -0.2) is 0 Å². The van der Waals surface area contributed by atoms with Crippen molar-refractivity contribution in [2.24, 2.45) is 0 Å². The number of hydrogen-bond donors (Lipinski definition) is 1. The summed E-state index contributed by atoms with van der Waals surface area (Å²) < 4.78 is 5.38. The maximum absolute atomic E-state index is 5.38. The molecular formula is C8H19NO. The van der Waals surface area contributed by atoms with E-state index in [1.807, 2.05) is 6.92 Å². The Bertz CT molecular complexity index is 58.3. The lowest BCUT2D eigenvalue weighted by Gasteiger charge is -2.12. The van der Waals surface area contributed by atoms with Gasteiger partial charge in [0.05, 0.1) is 0 Å². The first-order valence-corrected chi connectivity index (χ1v) is 4.16. The molecule has 0 saturated heterocycles. The van der Waals surface area contributed by atoms with E-state index in [9.17, 15) is 0 Å². The first-order chi connectivity index (χ1) is 4.81. The SMILES string of the molecule is CCCNC(C)OCCC. The zero-order chi connectivity index (χ0) is 7.82. The molecule has 1 unspecified atom stereocenters. The van der Waals surface area contributed by atoms with Crippen molar-refractivity contribution < 1.29 is 4.74 Å². The lowest BCUT2D eigenvalue weighted by molar-refractivity contribution is 0.0434. The van der Waals surface area contributed by atoms with Crippen LogP contribution in [0.15, 0.2) is 0 Å². The van der Waals surface area contributed by atoms with E-state index in [0.29, 0.717) is 0 Å². The fourth-order valence-corrected chi connectivity index (χ4v) is 0.701. The van der Waals surface area contributed by atoms with E-state index in [4.69, 9.17) is 4.74 Å². The molecule has 2 heteroatoms. The van der Waals surface area contributed by atoms with Crippen molar-refractivity contribution in [3.8, 4) is 0 Å². The van der Waals surface area contributed by atoms with E-state index >= 15 is 0 Å². The van der Waals surface area contributed by atoms with Gasteiger partial charge in [0.2, 0.25) is 0 Å². The molecule has 0 bridgehead atoms. The van der Waals surface area contributed by atoms with Crippen LogP contribution in [-0.4, -0.2) is 19.4 Å². The van der Waals surface area contributed by atoms with Crippen LogP contribution in [0.2, 0.25) is 0 Å². The van der Waals surface area contributed by atoms with Crippen molar-refractivity contribution >= 4 is 0 Å². The van der Waals surface area contributed by atoms with Gasteiger partial charge in [-0.05, 0) is 26.3 Å². The topological polar surface area (TPSA) is 21.3 Å². The molecule has 2 nitrogen and oxygen atoms in total. The van der Waals surface area contributed by atoms with Gasteiger partial charge in [0, 0.05) is 6.61 Å². The molecule has 0 saturated carbocycles. The lowest BCUT2D eigenvalue weighted by atomic mass is 10.4. The minimum Gasteiger partial charge on any atom is -0.364 e. The molecule has 0 amide bonds. The first-order valence-electron chi connectivity index (χ1n) is 4.16. The van der Waals surface area contributed by atoms with Crippen LogP contribution in [-0.2, 0) is 4.74 Å². The molecule has 0 aromatic rings. The highest BCUT2D eigenvalue weighted by Gasteiger charge is 1.96. The monoisotopic (exact) mass is 145 g/mol. The standard InChI is InChI=1S/C8H19NO/c1-4-6-9-8(3)10-7-5-2/h8-9H,4-7H2,1-3H3. The smallest absolute Gasteiger partial charge is 0.105 e. The minimum absolute atomic E-state index is 0.222. The second-order valence-electron chi connectivity index (χ2n) is 2.47. The van der Waals surface area contributed by atoms with Crippen LogP contribution in [0.1, 0.15) is 33.6 Å². The van der Waals surface area contributed by atoms with Gasteiger partial charge in [-0.3, -0.25) is 5.32 Å². The van der Waals surface area contributed by atoms with Crippen molar-refractivity contribution in [1.82, 2.24) is 5.32 Å². The summed E-state index contributed by atoms with van der Waals surface area (Å²) >= 11 is 0. The number of ether oxygens (including phenoxy) is 1. The molecule has 0 spiro atoms. The third-order valence-corrected chi connectivity index (χ3v) is 1.25. The second kappa shape index (κ2) is 7.03. The summed E-state index contributed by atoms with van der Waals surface area (Å²) in [5, 5.41) is 3.24. The number of hydrogen-bond acceptors (Lipinski definition) is 2. The van der Waals surface area contributed by atoms with Crippen molar-refractivity contribution in [2.75, 3.05) is 13.2 Å². The summed E-state index contributed by atoms with van der Waals surface area (Å²) in [6.07, 6.45) is 2.48. The van der Waals surface area contributed by atoms with Gasteiger partial charge in [0.25, 0.3) is 0 Å². The van der Waals surface area contributed by atoms with Crippen LogP contribution in [0.5, 0.6) is 0 Å². The Morgan fingerprint density at radius 2 is 2.00 bits per heavy atom. The number of nitrogens with one attached hydrogen (secondary N) is 1. The van der Waals surface area contributed by atoms with Crippen LogP contribution in [0.4, 0.5) is 0 Å². The number of rotatable bonds is 6. The summed E-state index contributed by atoms with van der Waals surface area (Å²) in [5.74, 6) is 0. The van der Waals surface area contributed by atoms with Crippen LogP contribution >= 0.6 is 0 Å².